The zero-order valence-electron chi connectivity index (χ0n) is 11.6. The second-order valence-corrected chi connectivity index (χ2v) is 5.70. The van der Waals surface area contributed by atoms with E-state index in [1.54, 1.807) is 0 Å². The van der Waals surface area contributed by atoms with Crippen LogP contribution in [0.4, 0.5) is 0 Å². The molecular weight excluding hydrogens is 212 g/mol. The monoisotopic (exact) mass is 240 g/mol. The molecule has 3 heteroatoms. The van der Waals surface area contributed by atoms with Gasteiger partial charge in [-0.1, -0.05) is 20.3 Å². The molecule has 2 N–H and O–H groups in total. The first kappa shape index (κ1) is 14.5. The molecule has 0 aromatic heterocycles. The Hall–Kier alpha value is -0.570. The van der Waals surface area contributed by atoms with Gasteiger partial charge in [0.1, 0.15) is 0 Å². The first-order chi connectivity index (χ1) is 8.06. The molecule has 0 radical (unpaired) electrons. The van der Waals surface area contributed by atoms with Crippen LogP contribution in [0, 0.1) is 11.8 Å². The second kappa shape index (κ2) is 7.00. The van der Waals surface area contributed by atoms with Crippen molar-refractivity contribution in [3.05, 3.63) is 0 Å². The van der Waals surface area contributed by atoms with E-state index in [4.69, 9.17) is 5.73 Å². The van der Waals surface area contributed by atoms with E-state index in [9.17, 15) is 4.79 Å². The van der Waals surface area contributed by atoms with Crippen LogP contribution < -0.4 is 5.73 Å². The van der Waals surface area contributed by atoms with Gasteiger partial charge in [0.2, 0.25) is 5.91 Å². The third-order valence-electron chi connectivity index (χ3n) is 4.01. The molecule has 1 saturated heterocycles. The molecule has 3 unspecified atom stereocenters. The summed E-state index contributed by atoms with van der Waals surface area (Å²) in [5.74, 6) is 1.62. The van der Waals surface area contributed by atoms with Gasteiger partial charge in [-0.05, 0) is 44.6 Å². The molecule has 1 amide bonds. The highest BCUT2D eigenvalue weighted by atomic mass is 16.2. The summed E-state index contributed by atoms with van der Waals surface area (Å²) in [5.41, 5.74) is 5.45. The molecule has 1 heterocycles. The summed E-state index contributed by atoms with van der Waals surface area (Å²) in [6, 6.07) is 0.410. The molecule has 0 aromatic rings. The van der Waals surface area contributed by atoms with Crippen molar-refractivity contribution in [3.63, 3.8) is 0 Å². The van der Waals surface area contributed by atoms with Gasteiger partial charge < -0.3 is 10.6 Å². The number of rotatable bonds is 5. The third-order valence-corrected chi connectivity index (χ3v) is 4.01. The molecule has 1 aliphatic rings. The molecule has 0 bridgehead atoms. The third kappa shape index (κ3) is 4.30. The highest BCUT2D eigenvalue weighted by molar-refractivity contribution is 5.76. The van der Waals surface area contributed by atoms with E-state index in [2.05, 4.69) is 25.7 Å². The van der Waals surface area contributed by atoms with Crippen LogP contribution >= 0.6 is 0 Å². The Morgan fingerprint density at radius 1 is 1.24 bits per heavy atom. The zero-order chi connectivity index (χ0) is 12.8. The van der Waals surface area contributed by atoms with Crippen LogP contribution in [-0.2, 0) is 4.79 Å². The van der Waals surface area contributed by atoms with Crippen LogP contribution in [0.5, 0.6) is 0 Å². The lowest BCUT2D eigenvalue weighted by Gasteiger charge is -2.41. The van der Waals surface area contributed by atoms with Gasteiger partial charge in [-0.15, -0.1) is 0 Å². The van der Waals surface area contributed by atoms with Crippen molar-refractivity contribution in [3.8, 4) is 0 Å². The summed E-state index contributed by atoms with van der Waals surface area (Å²) >= 11 is 0. The topological polar surface area (TPSA) is 46.3 Å². The van der Waals surface area contributed by atoms with Crippen molar-refractivity contribution in [2.75, 3.05) is 13.1 Å². The Morgan fingerprint density at radius 2 is 1.94 bits per heavy atom. The highest BCUT2D eigenvalue weighted by Gasteiger charge is 2.31. The summed E-state index contributed by atoms with van der Waals surface area (Å²) in [4.78, 5) is 14.3. The Bertz CT molecular complexity index is 242. The minimum atomic E-state index is 0.341. The maximum atomic E-state index is 12.2. The van der Waals surface area contributed by atoms with E-state index in [1.807, 2.05) is 0 Å². The van der Waals surface area contributed by atoms with E-state index in [0.717, 1.165) is 32.4 Å². The van der Waals surface area contributed by atoms with Gasteiger partial charge in [-0.25, -0.2) is 0 Å². The molecule has 1 fully saturated rings. The molecule has 17 heavy (non-hydrogen) atoms. The Labute approximate surface area is 106 Å². The molecule has 3 nitrogen and oxygen atoms in total. The summed E-state index contributed by atoms with van der Waals surface area (Å²) in [7, 11) is 0. The first-order valence-corrected chi connectivity index (χ1v) is 7.05. The summed E-state index contributed by atoms with van der Waals surface area (Å²) in [6.45, 7) is 8.38. The Balaban J connectivity index is 2.38. The van der Waals surface area contributed by atoms with Crippen molar-refractivity contribution >= 4 is 5.91 Å². The van der Waals surface area contributed by atoms with Crippen LogP contribution in [0.3, 0.4) is 0 Å². The molecule has 0 aliphatic carbocycles. The maximum absolute atomic E-state index is 12.2. The van der Waals surface area contributed by atoms with E-state index >= 15 is 0 Å². The lowest BCUT2D eigenvalue weighted by molar-refractivity contribution is -0.137. The molecule has 0 spiro atoms. The normalized spacial score (nSPS) is 29.4. The number of carbonyl (C=O) groups excluding carboxylic acids is 1. The van der Waals surface area contributed by atoms with Crippen LogP contribution in [-0.4, -0.2) is 29.9 Å². The van der Waals surface area contributed by atoms with Gasteiger partial charge in [-0.2, -0.15) is 0 Å². The fraction of sp³-hybridized carbons (Fsp3) is 0.929. The van der Waals surface area contributed by atoms with Crippen molar-refractivity contribution in [2.45, 2.75) is 58.9 Å². The smallest absolute Gasteiger partial charge is 0.222 e. The minimum Gasteiger partial charge on any atom is -0.339 e. The fourth-order valence-electron chi connectivity index (χ4n) is 2.79. The summed E-state index contributed by atoms with van der Waals surface area (Å²) in [6.07, 6.45) is 5.05. The number of likely N-dealkylation sites (tertiary alicyclic amines) is 1. The largest absolute Gasteiger partial charge is 0.339 e. The number of carbonyl (C=O) groups is 1. The van der Waals surface area contributed by atoms with Crippen molar-refractivity contribution in [1.29, 1.82) is 0 Å². The molecular formula is C14H28N2O. The fourth-order valence-corrected chi connectivity index (χ4v) is 2.79. The van der Waals surface area contributed by atoms with Crippen LogP contribution in [0.1, 0.15) is 52.9 Å². The van der Waals surface area contributed by atoms with Gasteiger partial charge in [0.25, 0.3) is 0 Å². The van der Waals surface area contributed by atoms with Crippen LogP contribution in [0.25, 0.3) is 0 Å². The molecule has 0 aromatic carbocycles. The predicted molar refractivity (Wildman–Crippen MR) is 71.6 cm³/mol. The molecule has 3 atom stereocenters. The van der Waals surface area contributed by atoms with Crippen LogP contribution in [0.2, 0.25) is 0 Å². The number of amides is 1. The van der Waals surface area contributed by atoms with E-state index in [-0.39, 0.29) is 0 Å². The minimum absolute atomic E-state index is 0.341. The number of hydrogen-bond donors (Lipinski definition) is 1. The van der Waals surface area contributed by atoms with E-state index in [1.165, 1.54) is 6.42 Å². The van der Waals surface area contributed by atoms with Gasteiger partial charge >= 0.3 is 0 Å². The summed E-state index contributed by atoms with van der Waals surface area (Å²) < 4.78 is 0. The van der Waals surface area contributed by atoms with Crippen molar-refractivity contribution < 1.29 is 4.79 Å². The van der Waals surface area contributed by atoms with Gasteiger partial charge in [0.15, 0.2) is 0 Å². The molecule has 100 valence electrons. The first-order valence-electron chi connectivity index (χ1n) is 7.05. The maximum Gasteiger partial charge on any atom is 0.222 e. The van der Waals surface area contributed by atoms with Gasteiger partial charge in [-0.3, -0.25) is 4.79 Å². The van der Waals surface area contributed by atoms with Gasteiger partial charge in [0, 0.05) is 19.0 Å². The predicted octanol–water partition coefficient (Wildman–Crippen LogP) is 2.40. The zero-order valence-corrected chi connectivity index (χ0v) is 11.6. The second-order valence-electron chi connectivity index (χ2n) is 5.70. The average molecular weight is 240 g/mol. The summed E-state index contributed by atoms with van der Waals surface area (Å²) in [5, 5.41) is 0. The molecule has 1 rings (SSSR count). The number of piperidine rings is 1. The SMILES string of the molecule is CC1CC(C)C(C)N(C(=O)CCCCCN)C1. The van der Waals surface area contributed by atoms with E-state index < -0.39 is 0 Å². The lowest BCUT2D eigenvalue weighted by atomic mass is 9.86. The number of nitrogens with two attached hydrogens (primary N) is 1. The lowest BCUT2D eigenvalue weighted by Crippen LogP contribution is -2.48. The standard InChI is InChI=1S/C14H28N2O/c1-11-9-12(2)13(3)16(10-11)14(17)7-5-4-6-8-15/h11-13H,4-10,15H2,1-3H3. The highest BCUT2D eigenvalue weighted by Crippen LogP contribution is 2.27. The molecule has 0 saturated carbocycles. The van der Waals surface area contributed by atoms with Crippen LogP contribution in [0.15, 0.2) is 0 Å². The molecule has 1 aliphatic heterocycles. The average Bonchev–Trinajstić information content (AvgIpc) is 2.29. The Kier molecular flexibility index (Phi) is 5.96. The van der Waals surface area contributed by atoms with Gasteiger partial charge in [0.05, 0.1) is 0 Å². The number of unbranched alkanes of at least 4 members (excludes halogenated alkanes) is 2. The number of nitrogens with zero attached hydrogens (tertiary/aromatic N) is 1. The van der Waals surface area contributed by atoms with Crippen molar-refractivity contribution in [2.24, 2.45) is 17.6 Å². The van der Waals surface area contributed by atoms with Crippen molar-refractivity contribution in [1.82, 2.24) is 4.90 Å². The number of hydrogen-bond acceptors (Lipinski definition) is 2. The quantitative estimate of drug-likeness (QED) is 0.750. The Morgan fingerprint density at radius 3 is 2.59 bits per heavy atom. The van der Waals surface area contributed by atoms with E-state index in [0.29, 0.717) is 30.2 Å².